The zero-order valence-electron chi connectivity index (χ0n) is 15.0. The molecule has 0 unspecified atom stereocenters. The van der Waals surface area contributed by atoms with Crippen LogP contribution in [0.5, 0.6) is 0 Å². The molecule has 0 bridgehead atoms. The molecule has 1 aliphatic heterocycles. The van der Waals surface area contributed by atoms with E-state index in [2.05, 4.69) is 5.32 Å². The Kier molecular flexibility index (Phi) is 6.45. The Bertz CT molecular complexity index is 564. The molecule has 1 aromatic carbocycles. The van der Waals surface area contributed by atoms with Crippen LogP contribution in [-0.2, 0) is 20.9 Å². The first-order valence-corrected chi connectivity index (χ1v) is 9.52. The maximum Gasteiger partial charge on any atom is 0.232 e. The zero-order valence-corrected chi connectivity index (χ0v) is 15.0. The van der Waals surface area contributed by atoms with Gasteiger partial charge in [-0.1, -0.05) is 31.4 Å². The van der Waals surface area contributed by atoms with Crippen molar-refractivity contribution in [3.63, 3.8) is 0 Å². The van der Waals surface area contributed by atoms with Crippen molar-refractivity contribution < 1.29 is 14.3 Å². The molecule has 1 saturated carbocycles. The van der Waals surface area contributed by atoms with Gasteiger partial charge in [0.25, 0.3) is 0 Å². The number of nitrogens with two attached hydrogens (primary N) is 1. The van der Waals surface area contributed by atoms with E-state index < -0.39 is 5.41 Å². The van der Waals surface area contributed by atoms with Crippen LogP contribution in [0.2, 0.25) is 0 Å². The van der Waals surface area contributed by atoms with E-state index in [1.165, 1.54) is 19.3 Å². The summed E-state index contributed by atoms with van der Waals surface area (Å²) in [5, 5.41) is 3.05. The van der Waals surface area contributed by atoms with Crippen LogP contribution in [0.25, 0.3) is 0 Å². The van der Waals surface area contributed by atoms with Gasteiger partial charge in [0.2, 0.25) is 5.91 Å². The smallest absolute Gasteiger partial charge is 0.232 e. The van der Waals surface area contributed by atoms with Gasteiger partial charge in [0.05, 0.1) is 18.1 Å². The molecule has 0 aromatic heterocycles. The lowest BCUT2D eigenvalue weighted by Gasteiger charge is -2.34. The second kappa shape index (κ2) is 8.79. The van der Waals surface area contributed by atoms with Crippen molar-refractivity contribution in [3.05, 3.63) is 29.8 Å². The minimum absolute atomic E-state index is 0.00338. The molecular formula is C20H30N2O3. The van der Waals surface area contributed by atoms with E-state index >= 15 is 0 Å². The monoisotopic (exact) mass is 346 g/mol. The van der Waals surface area contributed by atoms with Crippen molar-refractivity contribution in [3.8, 4) is 0 Å². The number of hydrogen-bond acceptors (Lipinski definition) is 4. The standard InChI is InChI=1S/C20H30N2O3/c21-15-20(9-11-24-12-10-20)19(23)22-17-6-4-5-16(13-17)14-25-18-7-2-1-3-8-18/h4-6,13,18H,1-3,7-12,14-15,21H2,(H,22,23). The van der Waals surface area contributed by atoms with E-state index in [1.807, 2.05) is 24.3 Å². The van der Waals surface area contributed by atoms with Crippen LogP contribution in [0.15, 0.2) is 24.3 Å². The van der Waals surface area contributed by atoms with Crippen LogP contribution in [0.1, 0.15) is 50.5 Å². The van der Waals surface area contributed by atoms with E-state index in [4.69, 9.17) is 15.2 Å². The minimum atomic E-state index is -0.507. The van der Waals surface area contributed by atoms with Gasteiger partial charge < -0.3 is 20.5 Å². The number of ether oxygens (including phenoxy) is 2. The molecule has 1 heterocycles. The SMILES string of the molecule is NCC1(C(=O)Nc2cccc(COC3CCCCC3)c2)CCOCC1. The van der Waals surface area contributed by atoms with Gasteiger partial charge in [0.1, 0.15) is 0 Å². The molecule has 2 aliphatic rings. The van der Waals surface area contributed by atoms with Gasteiger partial charge in [-0.2, -0.15) is 0 Å². The second-order valence-corrected chi connectivity index (χ2v) is 7.32. The zero-order chi connectivity index (χ0) is 17.5. The van der Waals surface area contributed by atoms with E-state index in [0.29, 0.717) is 45.3 Å². The highest BCUT2D eigenvalue weighted by atomic mass is 16.5. The van der Waals surface area contributed by atoms with Crippen LogP contribution < -0.4 is 11.1 Å². The summed E-state index contributed by atoms with van der Waals surface area (Å²) in [5.74, 6) is 0.00338. The molecular weight excluding hydrogens is 316 g/mol. The van der Waals surface area contributed by atoms with E-state index in [9.17, 15) is 4.79 Å². The van der Waals surface area contributed by atoms with Gasteiger partial charge >= 0.3 is 0 Å². The van der Waals surface area contributed by atoms with Gasteiger partial charge in [0, 0.05) is 25.4 Å². The molecule has 5 nitrogen and oxygen atoms in total. The minimum Gasteiger partial charge on any atom is -0.381 e. The van der Waals surface area contributed by atoms with Gasteiger partial charge in [-0.05, 0) is 43.4 Å². The van der Waals surface area contributed by atoms with Crippen LogP contribution in [0.4, 0.5) is 5.69 Å². The van der Waals surface area contributed by atoms with E-state index in [0.717, 1.165) is 24.1 Å². The molecule has 138 valence electrons. The number of amides is 1. The first kappa shape index (κ1) is 18.4. The molecule has 2 fully saturated rings. The Hall–Kier alpha value is -1.43. The van der Waals surface area contributed by atoms with Crippen molar-refractivity contribution >= 4 is 11.6 Å². The topological polar surface area (TPSA) is 73.6 Å². The molecule has 25 heavy (non-hydrogen) atoms. The summed E-state index contributed by atoms with van der Waals surface area (Å²) in [6, 6.07) is 7.94. The Labute approximate surface area is 150 Å². The van der Waals surface area contributed by atoms with Crippen molar-refractivity contribution in [2.75, 3.05) is 25.1 Å². The second-order valence-electron chi connectivity index (χ2n) is 7.32. The Balaban J connectivity index is 1.57. The maximum atomic E-state index is 12.8. The summed E-state index contributed by atoms with van der Waals surface area (Å²) in [7, 11) is 0. The third-order valence-electron chi connectivity index (χ3n) is 5.55. The van der Waals surface area contributed by atoms with E-state index in [1.54, 1.807) is 0 Å². The van der Waals surface area contributed by atoms with Gasteiger partial charge in [-0.15, -0.1) is 0 Å². The van der Waals surface area contributed by atoms with E-state index in [-0.39, 0.29) is 5.91 Å². The molecule has 1 amide bonds. The fourth-order valence-electron chi connectivity index (χ4n) is 3.73. The highest BCUT2D eigenvalue weighted by molar-refractivity contribution is 5.95. The van der Waals surface area contributed by atoms with Crippen LogP contribution >= 0.6 is 0 Å². The summed E-state index contributed by atoms with van der Waals surface area (Å²) >= 11 is 0. The summed E-state index contributed by atoms with van der Waals surface area (Å²) < 4.78 is 11.4. The summed E-state index contributed by atoms with van der Waals surface area (Å²) in [6.07, 6.45) is 7.94. The molecule has 0 spiro atoms. The third kappa shape index (κ3) is 4.81. The summed E-state index contributed by atoms with van der Waals surface area (Å²) in [6.45, 7) is 2.15. The highest BCUT2D eigenvalue weighted by Crippen LogP contribution is 2.31. The number of anilines is 1. The van der Waals surface area contributed by atoms with Gasteiger partial charge in [-0.3, -0.25) is 4.79 Å². The third-order valence-corrected chi connectivity index (χ3v) is 5.55. The average molecular weight is 346 g/mol. The lowest BCUT2D eigenvalue weighted by molar-refractivity contribution is -0.130. The van der Waals surface area contributed by atoms with Crippen molar-refractivity contribution in [1.29, 1.82) is 0 Å². The largest absolute Gasteiger partial charge is 0.381 e. The Morgan fingerprint density at radius 1 is 1.24 bits per heavy atom. The molecule has 0 radical (unpaired) electrons. The lowest BCUT2D eigenvalue weighted by atomic mass is 9.79. The molecule has 1 aromatic rings. The Morgan fingerprint density at radius 3 is 2.72 bits per heavy atom. The number of carbonyl (C=O) groups excluding carboxylic acids is 1. The van der Waals surface area contributed by atoms with Crippen LogP contribution in [0.3, 0.4) is 0 Å². The molecule has 0 atom stereocenters. The quantitative estimate of drug-likeness (QED) is 0.829. The van der Waals surface area contributed by atoms with Crippen molar-refractivity contribution in [2.45, 2.75) is 57.7 Å². The fourth-order valence-corrected chi connectivity index (χ4v) is 3.73. The molecule has 3 rings (SSSR count). The summed E-state index contributed by atoms with van der Waals surface area (Å²) in [5.41, 5.74) is 7.32. The van der Waals surface area contributed by atoms with Crippen LogP contribution in [0, 0.1) is 5.41 Å². The first-order valence-electron chi connectivity index (χ1n) is 9.52. The van der Waals surface area contributed by atoms with Gasteiger partial charge in [0.15, 0.2) is 0 Å². The predicted molar refractivity (Wildman–Crippen MR) is 98.3 cm³/mol. The average Bonchev–Trinajstić information content (AvgIpc) is 2.68. The number of hydrogen-bond donors (Lipinski definition) is 2. The van der Waals surface area contributed by atoms with Crippen molar-refractivity contribution in [1.82, 2.24) is 0 Å². The number of carbonyl (C=O) groups is 1. The first-order chi connectivity index (χ1) is 12.2. The highest BCUT2D eigenvalue weighted by Gasteiger charge is 2.38. The number of rotatable bonds is 6. The Morgan fingerprint density at radius 2 is 2.00 bits per heavy atom. The predicted octanol–water partition coefficient (Wildman–Crippen LogP) is 3.23. The van der Waals surface area contributed by atoms with Gasteiger partial charge in [-0.25, -0.2) is 0 Å². The molecule has 1 saturated heterocycles. The fraction of sp³-hybridized carbons (Fsp3) is 0.650. The lowest BCUT2D eigenvalue weighted by Crippen LogP contribution is -2.46. The number of benzene rings is 1. The maximum absolute atomic E-state index is 12.8. The number of nitrogens with one attached hydrogen (secondary N) is 1. The normalized spacial score (nSPS) is 21.0. The molecule has 3 N–H and O–H groups in total. The van der Waals surface area contributed by atoms with Crippen LogP contribution in [-0.4, -0.2) is 31.8 Å². The summed E-state index contributed by atoms with van der Waals surface area (Å²) in [4.78, 5) is 12.8. The van der Waals surface area contributed by atoms with Crippen molar-refractivity contribution in [2.24, 2.45) is 11.1 Å². The molecule has 1 aliphatic carbocycles. The molecule has 5 heteroatoms.